The maximum atomic E-state index is 12.9. The summed E-state index contributed by atoms with van der Waals surface area (Å²) in [7, 11) is 0. The van der Waals surface area contributed by atoms with Crippen molar-refractivity contribution in [3.63, 3.8) is 0 Å². The number of thiophene rings is 2. The van der Waals surface area contributed by atoms with Crippen LogP contribution in [0.1, 0.15) is 63.5 Å². The van der Waals surface area contributed by atoms with E-state index >= 15 is 0 Å². The van der Waals surface area contributed by atoms with Crippen molar-refractivity contribution in [1.29, 1.82) is 0 Å². The van der Waals surface area contributed by atoms with Crippen molar-refractivity contribution in [3.8, 4) is 5.75 Å². The molecule has 1 aliphatic rings. The average Bonchev–Trinajstić information content (AvgIpc) is 3.41. The Kier molecular flexibility index (Phi) is 7.10. The molecule has 1 fully saturated rings. The molecule has 3 aromatic rings. The second-order valence-corrected chi connectivity index (χ2v) is 10.1. The highest BCUT2D eigenvalue weighted by Crippen LogP contribution is 2.43. The number of benzene rings is 1. The monoisotopic (exact) mass is 454 g/mol. The van der Waals surface area contributed by atoms with Crippen LogP contribution in [0.3, 0.4) is 0 Å². The van der Waals surface area contributed by atoms with E-state index in [2.05, 4.69) is 48.3 Å². The Morgan fingerprint density at radius 3 is 2.52 bits per heavy atom. The van der Waals surface area contributed by atoms with E-state index in [1.807, 2.05) is 24.4 Å². The quantitative estimate of drug-likeness (QED) is 0.434. The molecule has 0 bridgehead atoms. The molecule has 4 nitrogen and oxygen atoms in total. The predicted octanol–water partition coefficient (Wildman–Crippen LogP) is 6.65. The maximum Gasteiger partial charge on any atom is 0.266 e. The molecule has 4 rings (SSSR count). The van der Waals surface area contributed by atoms with Gasteiger partial charge in [-0.05, 0) is 81.4 Å². The summed E-state index contributed by atoms with van der Waals surface area (Å²) in [4.78, 5) is 17.4. The normalized spacial score (nSPS) is 15.6. The van der Waals surface area contributed by atoms with E-state index in [9.17, 15) is 4.79 Å². The zero-order valence-electron chi connectivity index (χ0n) is 18.4. The molecule has 164 valence electrons. The summed E-state index contributed by atoms with van der Waals surface area (Å²) in [6.07, 6.45) is 3.72. The number of likely N-dealkylation sites (tertiary alicyclic amines) is 1. The Bertz CT molecular complexity index is 1000. The Labute approximate surface area is 192 Å². The lowest BCUT2D eigenvalue weighted by Crippen LogP contribution is -2.35. The number of hydrogen-bond donors (Lipinski definition) is 1. The molecular weight excluding hydrogens is 424 g/mol. The number of piperidine rings is 1. The van der Waals surface area contributed by atoms with Crippen LogP contribution in [0.25, 0.3) is 0 Å². The predicted molar refractivity (Wildman–Crippen MR) is 131 cm³/mol. The molecule has 1 aromatic carbocycles. The van der Waals surface area contributed by atoms with Crippen LogP contribution < -0.4 is 10.1 Å². The van der Waals surface area contributed by atoms with Crippen molar-refractivity contribution >= 4 is 33.6 Å². The molecule has 1 aliphatic heterocycles. The van der Waals surface area contributed by atoms with Crippen molar-refractivity contribution in [2.75, 3.05) is 25.0 Å². The van der Waals surface area contributed by atoms with Crippen LogP contribution in [0, 0.1) is 13.8 Å². The summed E-state index contributed by atoms with van der Waals surface area (Å²) in [5.41, 5.74) is 3.76. The zero-order chi connectivity index (χ0) is 21.8. The molecule has 1 atom stereocenters. The molecule has 1 N–H and O–H groups in total. The molecule has 0 spiro atoms. The fourth-order valence-corrected chi connectivity index (χ4v) is 6.00. The van der Waals surface area contributed by atoms with Gasteiger partial charge in [0.05, 0.1) is 17.5 Å². The lowest BCUT2D eigenvalue weighted by atomic mass is 9.93. The third-order valence-electron chi connectivity index (χ3n) is 5.94. The number of anilines is 1. The van der Waals surface area contributed by atoms with Gasteiger partial charge in [-0.1, -0.05) is 24.6 Å². The van der Waals surface area contributed by atoms with Crippen molar-refractivity contribution in [3.05, 3.63) is 68.2 Å². The second-order valence-electron chi connectivity index (χ2n) is 7.96. The molecule has 1 unspecified atom stereocenters. The van der Waals surface area contributed by atoms with E-state index in [1.165, 1.54) is 52.2 Å². The molecule has 0 saturated carbocycles. The molecule has 0 radical (unpaired) electrons. The lowest BCUT2D eigenvalue weighted by Gasteiger charge is -2.36. The van der Waals surface area contributed by atoms with Gasteiger partial charge in [0.15, 0.2) is 0 Å². The van der Waals surface area contributed by atoms with Gasteiger partial charge >= 0.3 is 0 Å². The summed E-state index contributed by atoms with van der Waals surface area (Å²) < 4.78 is 5.67. The summed E-state index contributed by atoms with van der Waals surface area (Å²) >= 11 is 3.16. The SMILES string of the molecule is CCOc1ccc(C(c2c(NC(=O)c3cccs3)sc(C)c2C)N2CCCCC2)cc1. The summed E-state index contributed by atoms with van der Waals surface area (Å²) in [5, 5.41) is 6.15. The van der Waals surface area contributed by atoms with Crippen LogP contribution in [-0.2, 0) is 0 Å². The first-order valence-electron chi connectivity index (χ1n) is 11.0. The van der Waals surface area contributed by atoms with Crippen LogP contribution >= 0.6 is 22.7 Å². The first kappa shape index (κ1) is 22.1. The highest BCUT2D eigenvalue weighted by atomic mass is 32.1. The van der Waals surface area contributed by atoms with Gasteiger partial charge in [-0.2, -0.15) is 0 Å². The standard InChI is InChI=1S/C25H30N2O2S2/c1-4-29-20-12-10-19(11-13-20)23(27-14-6-5-7-15-27)22-17(2)18(3)31-25(22)26-24(28)21-9-8-16-30-21/h8-13,16,23H,4-7,14-15H2,1-3H3,(H,26,28). The van der Waals surface area contributed by atoms with Gasteiger partial charge in [-0.25, -0.2) is 0 Å². The Hall–Kier alpha value is -2.15. The number of carbonyl (C=O) groups is 1. The van der Waals surface area contributed by atoms with Gasteiger partial charge in [0.25, 0.3) is 5.91 Å². The average molecular weight is 455 g/mol. The molecule has 31 heavy (non-hydrogen) atoms. The van der Waals surface area contributed by atoms with Gasteiger partial charge in [-0.3, -0.25) is 9.69 Å². The van der Waals surface area contributed by atoms with Crippen molar-refractivity contribution in [2.24, 2.45) is 0 Å². The molecule has 3 heterocycles. The van der Waals surface area contributed by atoms with E-state index in [1.54, 1.807) is 11.3 Å². The van der Waals surface area contributed by atoms with E-state index in [4.69, 9.17) is 4.74 Å². The fourth-order valence-electron chi connectivity index (χ4n) is 4.29. The highest BCUT2D eigenvalue weighted by Gasteiger charge is 2.30. The van der Waals surface area contributed by atoms with E-state index in [0.29, 0.717) is 6.61 Å². The van der Waals surface area contributed by atoms with Gasteiger partial charge in [0.1, 0.15) is 10.8 Å². The number of aryl methyl sites for hydroxylation is 1. The van der Waals surface area contributed by atoms with Gasteiger partial charge in [-0.15, -0.1) is 22.7 Å². The van der Waals surface area contributed by atoms with Crippen LogP contribution in [0.15, 0.2) is 41.8 Å². The van der Waals surface area contributed by atoms with Crippen LogP contribution in [0.4, 0.5) is 5.00 Å². The van der Waals surface area contributed by atoms with E-state index < -0.39 is 0 Å². The first-order valence-corrected chi connectivity index (χ1v) is 12.7. The minimum Gasteiger partial charge on any atom is -0.494 e. The van der Waals surface area contributed by atoms with Crippen LogP contribution in [0.5, 0.6) is 5.75 Å². The fraction of sp³-hybridized carbons (Fsp3) is 0.400. The minimum absolute atomic E-state index is 0.0263. The van der Waals surface area contributed by atoms with Crippen molar-refractivity contribution in [1.82, 2.24) is 4.90 Å². The molecule has 2 aromatic heterocycles. The number of amides is 1. The Morgan fingerprint density at radius 2 is 1.87 bits per heavy atom. The van der Waals surface area contributed by atoms with Crippen molar-refractivity contribution in [2.45, 2.75) is 46.1 Å². The molecule has 6 heteroatoms. The number of hydrogen-bond acceptors (Lipinski definition) is 5. The largest absolute Gasteiger partial charge is 0.494 e. The van der Waals surface area contributed by atoms with Gasteiger partial charge in [0, 0.05) is 10.4 Å². The highest BCUT2D eigenvalue weighted by molar-refractivity contribution is 7.17. The number of rotatable bonds is 7. The number of carbonyl (C=O) groups excluding carboxylic acids is 1. The van der Waals surface area contributed by atoms with Crippen LogP contribution in [0.2, 0.25) is 0 Å². The number of ether oxygens (including phenoxy) is 1. The number of nitrogens with one attached hydrogen (secondary N) is 1. The molecular formula is C25H30N2O2S2. The van der Waals surface area contributed by atoms with E-state index in [0.717, 1.165) is 28.7 Å². The third-order valence-corrected chi connectivity index (χ3v) is 7.95. The summed E-state index contributed by atoms with van der Waals surface area (Å²) in [6, 6.07) is 12.4. The van der Waals surface area contributed by atoms with Gasteiger partial charge < -0.3 is 10.1 Å². The van der Waals surface area contributed by atoms with Crippen LogP contribution in [-0.4, -0.2) is 30.5 Å². The number of nitrogens with zero attached hydrogens (tertiary/aromatic N) is 1. The maximum absolute atomic E-state index is 12.9. The molecule has 1 saturated heterocycles. The van der Waals surface area contributed by atoms with Gasteiger partial charge in [0.2, 0.25) is 0 Å². The minimum atomic E-state index is -0.0263. The smallest absolute Gasteiger partial charge is 0.266 e. The summed E-state index contributed by atoms with van der Waals surface area (Å²) in [5.74, 6) is 0.870. The summed E-state index contributed by atoms with van der Waals surface area (Å²) in [6.45, 7) is 9.15. The van der Waals surface area contributed by atoms with E-state index in [-0.39, 0.29) is 11.9 Å². The second kappa shape index (κ2) is 9.98. The van der Waals surface area contributed by atoms with Crippen molar-refractivity contribution < 1.29 is 9.53 Å². The zero-order valence-corrected chi connectivity index (χ0v) is 20.1. The molecule has 0 aliphatic carbocycles. The lowest BCUT2D eigenvalue weighted by molar-refractivity contribution is 0.103. The first-order chi connectivity index (χ1) is 15.1. The third kappa shape index (κ3) is 4.86. The molecule has 1 amide bonds. The topological polar surface area (TPSA) is 41.6 Å². The Balaban J connectivity index is 1.74. The Morgan fingerprint density at radius 1 is 1.13 bits per heavy atom.